The lowest BCUT2D eigenvalue weighted by molar-refractivity contribution is -0.128. The highest BCUT2D eigenvalue weighted by Gasteiger charge is 2.36. The molecule has 0 unspecified atom stereocenters. The third-order valence-electron chi connectivity index (χ3n) is 6.98. The fourth-order valence-corrected chi connectivity index (χ4v) is 5.83. The molecule has 0 aliphatic carbocycles. The van der Waals surface area contributed by atoms with E-state index < -0.39 is 5.91 Å². The van der Waals surface area contributed by atoms with Gasteiger partial charge in [0.05, 0.1) is 12.0 Å². The largest absolute Gasteiger partial charge is 0.342 e. The second-order valence-corrected chi connectivity index (χ2v) is 10.5. The summed E-state index contributed by atoms with van der Waals surface area (Å²) in [4.78, 5) is 31.6. The predicted octanol–water partition coefficient (Wildman–Crippen LogP) is 4.63. The van der Waals surface area contributed by atoms with Crippen LogP contribution in [0.25, 0.3) is 17.0 Å². The van der Waals surface area contributed by atoms with Gasteiger partial charge in [-0.3, -0.25) is 15.0 Å². The van der Waals surface area contributed by atoms with E-state index in [1.807, 2.05) is 41.4 Å². The number of amides is 2. The Morgan fingerprint density at radius 3 is 2.68 bits per heavy atom. The first-order valence-electron chi connectivity index (χ1n) is 12.4. The van der Waals surface area contributed by atoms with Gasteiger partial charge < -0.3 is 9.47 Å². The smallest absolute Gasteiger partial charge is 0.283 e. The van der Waals surface area contributed by atoms with Gasteiger partial charge in [0, 0.05) is 42.3 Å². The molecular weight excluding hydrogens is 484 g/mol. The lowest BCUT2D eigenvalue weighted by Gasteiger charge is -2.20. The van der Waals surface area contributed by atoms with Crippen molar-refractivity contribution < 1.29 is 9.59 Å². The molecular formula is C28H26N6O2S. The summed E-state index contributed by atoms with van der Waals surface area (Å²) in [6.45, 7) is 4.36. The van der Waals surface area contributed by atoms with Gasteiger partial charge in [-0.05, 0) is 54.8 Å². The Kier molecular flexibility index (Phi) is 6.00. The number of aryl methyl sites for hydroxylation is 1. The maximum absolute atomic E-state index is 13.0. The molecule has 0 atom stereocenters. The van der Waals surface area contributed by atoms with Crippen LogP contribution in [0.5, 0.6) is 0 Å². The number of hydrazone groups is 1. The molecule has 2 amide bonds. The molecule has 9 heteroatoms. The zero-order valence-electron chi connectivity index (χ0n) is 20.5. The van der Waals surface area contributed by atoms with Crippen LogP contribution in [-0.4, -0.2) is 55.4 Å². The zero-order chi connectivity index (χ0) is 25.5. The predicted molar refractivity (Wildman–Crippen MR) is 148 cm³/mol. The molecule has 3 aromatic rings. The van der Waals surface area contributed by atoms with Gasteiger partial charge in [-0.25, -0.2) is 0 Å². The number of amidine groups is 2. The van der Waals surface area contributed by atoms with E-state index in [0.717, 1.165) is 42.4 Å². The molecule has 1 saturated heterocycles. The average molecular weight is 511 g/mol. The van der Waals surface area contributed by atoms with Crippen molar-refractivity contribution in [1.82, 2.24) is 14.5 Å². The molecule has 37 heavy (non-hydrogen) atoms. The highest BCUT2D eigenvalue weighted by Crippen LogP contribution is 2.31. The van der Waals surface area contributed by atoms with Crippen LogP contribution in [0.1, 0.15) is 36.0 Å². The second-order valence-electron chi connectivity index (χ2n) is 9.43. The number of carbonyl (C=O) groups excluding carboxylic acids is 2. The number of benzene rings is 2. The fourth-order valence-electron chi connectivity index (χ4n) is 4.96. The monoisotopic (exact) mass is 510 g/mol. The van der Waals surface area contributed by atoms with Crippen LogP contribution < -0.4 is 0 Å². The summed E-state index contributed by atoms with van der Waals surface area (Å²) in [5.74, 6) is -0.469. The molecule has 186 valence electrons. The number of thioether (sulfide) groups is 1. The number of rotatable bonds is 5. The van der Waals surface area contributed by atoms with Crippen molar-refractivity contribution >= 4 is 56.6 Å². The number of aromatic nitrogens is 1. The van der Waals surface area contributed by atoms with Gasteiger partial charge in [-0.1, -0.05) is 42.5 Å². The third kappa shape index (κ3) is 4.40. The summed E-state index contributed by atoms with van der Waals surface area (Å²) in [7, 11) is 0. The summed E-state index contributed by atoms with van der Waals surface area (Å²) in [5, 5.41) is 16.5. The van der Waals surface area contributed by atoms with Crippen LogP contribution >= 0.6 is 11.8 Å². The molecule has 3 aliphatic rings. The molecule has 0 bridgehead atoms. The number of nitrogens with zero attached hydrogens (tertiary/aromatic N) is 5. The van der Waals surface area contributed by atoms with Crippen LogP contribution in [-0.2, 0) is 16.1 Å². The van der Waals surface area contributed by atoms with Crippen molar-refractivity contribution in [3.63, 3.8) is 0 Å². The molecule has 1 aromatic heterocycles. The van der Waals surface area contributed by atoms with E-state index in [0.29, 0.717) is 16.8 Å². The first-order chi connectivity index (χ1) is 18.0. The maximum Gasteiger partial charge on any atom is 0.283 e. The van der Waals surface area contributed by atoms with Gasteiger partial charge in [0.25, 0.3) is 5.91 Å². The molecule has 2 aromatic carbocycles. The summed E-state index contributed by atoms with van der Waals surface area (Å²) in [6, 6.07) is 16.3. The van der Waals surface area contributed by atoms with E-state index >= 15 is 0 Å². The number of fused-ring (bicyclic) bond motifs is 2. The Morgan fingerprint density at radius 1 is 1.11 bits per heavy atom. The number of para-hydroxylation sites is 1. The number of hydrogen-bond donors (Lipinski definition) is 1. The minimum absolute atomic E-state index is 0.0261. The van der Waals surface area contributed by atoms with Crippen molar-refractivity contribution in [3.8, 4) is 0 Å². The minimum Gasteiger partial charge on any atom is -0.342 e. The van der Waals surface area contributed by atoms with Crippen molar-refractivity contribution in [2.45, 2.75) is 32.7 Å². The Labute approximate surface area is 218 Å². The number of carbonyl (C=O) groups is 2. The van der Waals surface area contributed by atoms with Crippen LogP contribution in [0.2, 0.25) is 0 Å². The molecule has 4 heterocycles. The average Bonchev–Trinajstić information content (AvgIpc) is 3.63. The minimum atomic E-state index is -0.471. The summed E-state index contributed by atoms with van der Waals surface area (Å²) in [6.07, 6.45) is 5.96. The quantitative estimate of drug-likeness (QED) is 0.507. The first-order valence-corrected chi connectivity index (χ1v) is 13.2. The number of likely N-dealkylation sites (tertiary alicyclic amines) is 1. The van der Waals surface area contributed by atoms with Crippen LogP contribution in [0, 0.1) is 12.3 Å². The summed E-state index contributed by atoms with van der Waals surface area (Å²) >= 11 is 1.19. The second kappa shape index (κ2) is 9.48. The van der Waals surface area contributed by atoms with Gasteiger partial charge >= 0.3 is 0 Å². The highest BCUT2D eigenvalue weighted by atomic mass is 32.2. The first kappa shape index (κ1) is 23.4. The van der Waals surface area contributed by atoms with Crippen molar-refractivity contribution in [2.75, 3.05) is 13.1 Å². The van der Waals surface area contributed by atoms with E-state index in [1.165, 1.54) is 27.9 Å². The van der Waals surface area contributed by atoms with E-state index in [1.54, 1.807) is 6.08 Å². The maximum atomic E-state index is 13.0. The van der Waals surface area contributed by atoms with Gasteiger partial charge in [0.2, 0.25) is 11.1 Å². The Balaban J connectivity index is 1.30. The molecule has 0 radical (unpaired) electrons. The molecule has 6 rings (SSSR count). The standard InChI is InChI=1S/C28H26N6O2S/c1-18-8-2-3-9-19(18)16-33-17-20(21-10-4-5-11-23(21)33)14-22-26(29)34-28(30-27(22)36)37-24(31-34)15-25(35)32-12-6-7-13-32/h2-5,8-11,14,17,29H,6-7,12-13,15-16H2,1H3/b22-14-,29-26?. The third-order valence-corrected chi connectivity index (χ3v) is 7.89. The topological polar surface area (TPSA) is 94.1 Å². The van der Waals surface area contributed by atoms with Crippen molar-refractivity contribution in [1.29, 1.82) is 5.41 Å². The van der Waals surface area contributed by atoms with Crippen LogP contribution in [0.4, 0.5) is 0 Å². The lowest BCUT2D eigenvalue weighted by atomic mass is 10.1. The molecule has 1 fully saturated rings. The Bertz CT molecular complexity index is 1540. The molecule has 3 aliphatic heterocycles. The van der Waals surface area contributed by atoms with Gasteiger partial charge in [-0.15, -0.1) is 0 Å². The molecule has 0 spiro atoms. The normalized spacial score (nSPS) is 18.6. The molecule has 1 N–H and O–H groups in total. The molecule has 0 saturated carbocycles. The van der Waals surface area contributed by atoms with Crippen LogP contribution in [0.15, 0.2) is 70.4 Å². The van der Waals surface area contributed by atoms with Crippen molar-refractivity contribution in [2.24, 2.45) is 10.1 Å². The SMILES string of the molecule is Cc1ccccc1Cn1cc(/C=C2/C(=N)N3N=C(CC(=O)N4CCCC4)SC3=NC2=O)c2ccccc21. The van der Waals surface area contributed by atoms with Gasteiger partial charge in [0.1, 0.15) is 5.04 Å². The van der Waals surface area contributed by atoms with E-state index in [2.05, 4.69) is 39.8 Å². The van der Waals surface area contributed by atoms with E-state index in [4.69, 9.17) is 5.41 Å². The van der Waals surface area contributed by atoms with Crippen LogP contribution in [0.3, 0.4) is 0 Å². The van der Waals surface area contributed by atoms with Gasteiger partial charge in [-0.2, -0.15) is 15.1 Å². The summed E-state index contributed by atoms with van der Waals surface area (Å²) in [5.41, 5.74) is 4.51. The Hall–Kier alpha value is -3.98. The van der Waals surface area contributed by atoms with E-state index in [-0.39, 0.29) is 23.7 Å². The molecule has 8 nitrogen and oxygen atoms in total. The summed E-state index contributed by atoms with van der Waals surface area (Å²) < 4.78 is 2.17. The fraction of sp³-hybridized carbons (Fsp3) is 0.250. The van der Waals surface area contributed by atoms with E-state index in [9.17, 15) is 9.59 Å². The highest BCUT2D eigenvalue weighted by molar-refractivity contribution is 8.27. The van der Waals surface area contributed by atoms with Crippen molar-refractivity contribution in [3.05, 3.63) is 77.0 Å². The number of aliphatic imine (C=N–C) groups is 1. The van der Waals surface area contributed by atoms with Gasteiger partial charge in [0.15, 0.2) is 5.84 Å². The number of nitrogens with one attached hydrogen (secondary N) is 1. The zero-order valence-corrected chi connectivity index (χ0v) is 21.3. The Morgan fingerprint density at radius 2 is 1.86 bits per heavy atom. The number of hydrogen-bond acceptors (Lipinski definition) is 5. The lowest BCUT2D eigenvalue weighted by Crippen LogP contribution is -2.35.